The number of rotatable bonds is 3. The van der Waals surface area contributed by atoms with Crippen LogP contribution in [0.15, 0.2) is 0 Å². The number of hydrogen-bond donors (Lipinski definition) is 2. The molecular formula is C11H23N3OS. The Morgan fingerprint density at radius 2 is 2.25 bits per heavy atom. The van der Waals surface area contributed by atoms with Crippen LogP contribution in [0, 0.1) is 0 Å². The van der Waals surface area contributed by atoms with E-state index in [2.05, 4.69) is 17.4 Å². The van der Waals surface area contributed by atoms with E-state index in [0.29, 0.717) is 5.25 Å². The van der Waals surface area contributed by atoms with E-state index in [1.54, 1.807) is 0 Å². The van der Waals surface area contributed by atoms with Crippen LogP contribution in [0.1, 0.15) is 19.8 Å². The summed E-state index contributed by atoms with van der Waals surface area (Å²) in [7, 11) is 0. The van der Waals surface area contributed by atoms with E-state index in [4.69, 9.17) is 10.5 Å². The van der Waals surface area contributed by atoms with Gasteiger partial charge < -0.3 is 10.5 Å². The Kier molecular flexibility index (Phi) is 4.49. The smallest absolute Gasteiger partial charge is 0.0608 e. The van der Waals surface area contributed by atoms with Gasteiger partial charge in [0.25, 0.3) is 0 Å². The molecule has 2 fully saturated rings. The second kappa shape index (κ2) is 5.69. The van der Waals surface area contributed by atoms with Gasteiger partial charge in [-0.1, -0.05) is 6.92 Å². The number of hydrazine groups is 1. The molecule has 0 aromatic carbocycles. The first-order valence-corrected chi connectivity index (χ1v) is 7.24. The molecule has 3 N–H and O–H groups in total. The Bertz CT molecular complexity index is 223. The van der Waals surface area contributed by atoms with E-state index in [0.717, 1.165) is 32.8 Å². The van der Waals surface area contributed by atoms with Crippen molar-refractivity contribution in [3.8, 4) is 0 Å². The van der Waals surface area contributed by atoms with Gasteiger partial charge in [-0.25, -0.2) is 10.4 Å². The highest BCUT2D eigenvalue weighted by molar-refractivity contribution is 8.00. The lowest BCUT2D eigenvalue weighted by Gasteiger charge is -2.46. The number of hydrogen-bond acceptors (Lipinski definition) is 5. The van der Waals surface area contributed by atoms with Gasteiger partial charge in [0.05, 0.1) is 18.8 Å². The number of nitrogens with two attached hydrogens (primary N) is 1. The minimum absolute atomic E-state index is 0.0975. The van der Waals surface area contributed by atoms with Gasteiger partial charge in [0, 0.05) is 24.9 Å². The van der Waals surface area contributed by atoms with Gasteiger partial charge in [0.2, 0.25) is 0 Å². The molecule has 0 aromatic rings. The van der Waals surface area contributed by atoms with E-state index >= 15 is 0 Å². The predicted molar refractivity (Wildman–Crippen MR) is 68.5 cm³/mol. The van der Waals surface area contributed by atoms with Crippen LogP contribution in [-0.4, -0.2) is 54.4 Å². The quantitative estimate of drug-likeness (QED) is 0.755. The molecule has 0 radical (unpaired) electrons. The fraction of sp³-hybridized carbons (Fsp3) is 1.00. The Morgan fingerprint density at radius 1 is 1.50 bits per heavy atom. The maximum atomic E-state index is 6.01. The number of nitrogens with one attached hydrogen (secondary N) is 1. The summed E-state index contributed by atoms with van der Waals surface area (Å²) in [4.78, 5) is 0. The van der Waals surface area contributed by atoms with Gasteiger partial charge in [-0.05, 0) is 18.6 Å². The van der Waals surface area contributed by atoms with Crippen LogP contribution in [0.3, 0.4) is 0 Å². The molecule has 2 atom stereocenters. The van der Waals surface area contributed by atoms with Gasteiger partial charge in [0.15, 0.2) is 0 Å². The highest BCUT2D eigenvalue weighted by Crippen LogP contribution is 2.33. The van der Waals surface area contributed by atoms with Crippen molar-refractivity contribution in [3.63, 3.8) is 0 Å². The first-order chi connectivity index (χ1) is 7.77. The molecule has 0 amide bonds. The van der Waals surface area contributed by atoms with Gasteiger partial charge in [0.1, 0.15) is 0 Å². The summed E-state index contributed by atoms with van der Waals surface area (Å²) in [6.07, 6.45) is 2.46. The van der Waals surface area contributed by atoms with E-state index < -0.39 is 0 Å². The zero-order valence-corrected chi connectivity index (χ0v) is 10.9. The zero-order chi connectivity index (χ0) is 11.4. The Labute approximate surface area is 102 Å². The molecule has 0 aliphatic carbocycles. The van der Waals surface area contributed by atoms with Crippen LogP contribution in [0.4, 0.5) is 0 Å². The SMILES string of the molecule is CC1SCCCC1(CN)NN1CCOCC1. The summed E-state index contributed by atoms with van der Waals surface area (Å²) in [6, 6.07) is 0. The molecule has 2 rings (SSSR count). The zero-order valence-electron chi connectivity index (χ0n) is 10.1. The van der Waals surface area contributed by atoms with Crippen LogP contribution in [0.2, 0.25) is 0 Å². The van der Waals surface area contributed by atoms with Crippen LogP contribution < -0.4 is 11.2 Å². The molecule has 94 valence electrons. The third-order valence-electron chi connectivity index (χ3n) is 3.67. The molecule has 2 aliphatic heterocycles. The second-order valence-corrected chi connectivity index (χ2v) is 6.14. The van der Waals surface area contributed by atoms with E-state index in [-0.39, 0.29) is 5.54 Å². The first kappa shape index (κ1) is 12.6. The molecule has 2 heterocycles. The van der Waals surface area contributed by atoms with Crippen LogP contribution in [-0.2, 0) is 4.74 Å². The van der Waals surface area contributed by atoms with Crippen LogP contribution in [0.5, 0.6) is 0 Å². The van der Waals surface area contributed by atoms with Crippen LogP contribution >= 0.6 is 11.8 Å². The number of thioether (sulfide) groups is 1. The Hall–Kier alpha value is 0.190. The average molecular weight is 245 g/mol. The molecule has 4 nitrogen and oxygen atoms in total. The number of morpholine rings is 1. The monoisotopic (exact) mass is 245 g/mol. The van der Waals surface area contributed by atoms with Crippen molar-refractivity contribution in [1.82, 2.24) is 10.4 Å². The van der Waals surface area contributed by atoms with Gasteiger partial charge in [-0.3, -0.25) is 0 Å². The van der Waals surface area contributed by atoms with Crippen molar-refractivity contribution >= 4 is 11.8 Å². The van der Waals surface area contributed by atoms with E-state index in [9.17, 15) is 0 Å². The normalized spacial score (nSPS) is 37.5. The standard InChI is InChI=1S/C11H23N3OS/c1-10-11(9-12,3-2-8-16-10)13-14-4-6-15-7-5-14/h10,13H,2-9,12H2,1H3. The van der Waals surface area contributed by atoms with Crippen molar-refractivity contribution in [3.05, 3.63) is 0 Å². The molecule has 5 heteroatoms. The lowest BCUT2D eigenvalue weighted by atomic mass is 9.90. The molecule has 16 heavy (non-hydrogen) atoms. The molecule has 0 saturated carbocycles. The Balaban J connectivity index is 1.96. The third kappa shape index (κ3) is 2.71. The van der Waals surface area contributed by atoms with Crippen molar-refractivity contribution in [2.45, 2.75) is 30.6 Å². The lowest BCUT2D eigenvalue weighted by molar-refractivity contribution is -0.0136. The first-order valence-electron chi connectivity index (χ1n) is 6.19. The minimum Gasteiger partial charge on any atom is -0.379 e. The Morgan fingerprint density at radius 3 is 2.88 bits per heavy atom. The molecule has 2 saturated heterocycles. The average Bonchev–Trinajstić information content (AvgIpc) is 2.34. The summed E-state index contributed by atoms with van der Waals surface area (Å²) < 4.78 is 5.36. The summed E-state index contributed by atoms with van der Waals surface area (Å²) in [5.41, 5.74) is 9.79. The van der Waals surface area contributed by atoms with E-state index in [1.165, 1.54) is 18.6 Å². The summed E-state index contributed by atoms with van der Waals surface area (Å²) in [6.45, 7) is 6.62. The molecular weight excluding hydrogens is 222 g/mol. The maximum absolute atomic E-state index is 6.01. The van der Waals surface area contributed by atoms with Gasteiger partial charge in [-0.2, -0.15) is 11.8 Å². The maximum Gasteiger partial charge on any atom is 0.0608 e. The lowest BCUT2D eigenvalue weighted by Crippen LogP contribution is -2.65. The number of nitrogens with zero attached hydrogens (tertiary/aromatic N) is 1. The fourth-order valence-corrected chi connectivity index (χ4v) is 3.71. The summed E-state index contributed by atoms with van der Waals surface area (Å²) >= 11 is 2.04. The molecule has 2 aliphatic rings. The van der Waals surface area contributed by atoms with Crippen molar-refractivity contribution < 1.29 is 4.74 Å². The largest absolute Gasteiger partial charge is 0.379 e. The second-order valence-electron chi connectivity index (χ2n) is 4.69. The third-order valence-corrected chi connectivity index (χ3v) is 5.14. The molecule has 0 aromatic heterocycles. The predicted octanol–water partition coefficient (Wildman–Crippen LogP) is 0.436. The molecule has 0 bridgehead atoms. The van der Waals surface area contributed by atoms with Crippen molar-refractivity contribution in [2.75, 3.05) is 38.6 Å². The molecule has 0 spiro atoms. The highest BCUT2D eigenvalue weighted by atomic mass is 32.2. The topological polar surface area (TPSA) is 50.5 Å². The number of ether oxygens (including phenoxy) is 1. The molecule has 2 unspecified atom stereocenters. The summed E-state index contributed by atoms with van der Waals surface area (Å²) in [5.74, 6) is 1.27. The minimum atomic E-state index is 0.0975. The highest BCUT2D eigenvalue weighted by Gasteiger charge is 2.39. The fourth-order valence-electron chi connectivity index (χ4n) is 2.46. The summed E-state index contributed by atoms with van der Waals surface area (Å²) in [5, 5.41) is 2.88. The van der Waals surface area contributed by atoms with Gasteiger partial charge in [-0.15, -0.1) is 0 Å². The van der Waals surface area contributed by atoms with Crippen molar-refractivity contribution in [1.29, 1.82) is 0 Å². The van der Waals surface area contributed by atoms with Gasteiger partial charge >= 0.3 is 0 Å². The van der Waals surface area contributed by atoms with E-state index in [1.807, 2.05) is 11.8 Å². The van der Waals surface area contributed by atoms with Crippen LogP contribution in [0.25, 0.3) is 0 Å². The van der Waals surface area contributed by atoms with Crippen molar-refractivity contribution in [2.24, 2.45) is 5.73 Å².